The van der Waals surface area contributed by atoms with Gasteiger partial charge >= 0.3 is 0 Å². The van der Waals surface area contributed by atoms with Crippen molar-refractivity contribution in [1.29, 1.82) is 0 Å². The first kappa shape index (κ1) is 24.8. The van der Waals surface area contributed by atoms with Crippen LogP contribution in [0.1, 0.15) is 19.7 Å². The highest BCUT2D eigenvalue weighted by Gasteiger charge is 2.17. The van der Waals surface area contributed by atoms with Crippen LogP contribution in [0, 0.1) is 5.92 Å². The number of aliphatic hydroxyl groups excluding tert-OH is 1. The minimum Gasteiger partial charge on any atom is -0.389 e. The number of nitrogens with one attached hydrogen (secondary N) is 1. The lowest BCUT2D eigenvalue weighted by atomic mass is 10.1. The second-order valence-electron chi connectivity index (χ2n) is 8.17. The third kappa shape index (κ3) is 6.84. The van der Waals surface area contributed by atoms with E-state index in [9.17, 15) is 9.90 Å². The number of thiophene rings is 1. The smallest absolute Gasteiger partial charge is 0.260 e. The van der Waals surface area contributed by atoms with Gasteiger partial charge in [0.15, 0.2) is 0 Å². The number of aromatic amines is 1. The van der Waals surface area contributed by atoms with Crippen LogP contribution in [0.3, 0.4) is 0 Å². The van der Waals surface area contributed by atoms with Crippen LogP contribution in [0.25, 0.3) is 21.3 Å². The van der Waals surface area contributed by atoms with Gasteiger partial charge in [0.25, 0.3) is 5.56 Å². The predicted octanol–water partition coefficient (Wildman–Crippen LogP) is 3.79. The Hall–Kier alpha value is -1.81. The third-order valence-electron chi connectivity index (χ3n) is 4.84. The Kier molecular flexibility index (Phi) is 9.22. The van der Waals surface area contributed by atoms with Crippen LogP contribution in [0.5, 0.6) is 0 Å². The van der Waals surface area contributed by atoms with Gasteiger partial charge in [0, 0.05) is 42.8 Å². The third-order valence-corrected chi connectivity index (χ3v) is 5.95. The molecule has 1 unspecified atom stereocenters. The summed E-state index contributed by atoms with van der Waals surface area (Å²) in [4.78, 5) is 23.2. The average Bonchev–Trinajstić information content (AvgIpc) is 3.16. The van der Waals surface area contributed by atoms with Crippen molar-refractivity contribution >= 4 is 33.2 Å². The van der Waals surface area contributed by atoms with Gasteiger partial charge in [-0.15, -0.1) is 11.3 Å². The van der Waals surface area contributed by atoms with E-state index in [1.54, 1.807) is 13.2 Å². The van der Waals surface area contributed by atoms with Crippen molar-refractivity contribution in [2.24, 2.45) is 5.92 Å². The molecule has 0 bridgehead atoms. The molecule has 32 heavy (non-hydrogen) atoms. The van der Waals surface area contributed by atoms with Crippen molar-refractivity contribution in [3.8, 4) is 11.1 Å². The van der Waals surface area contributed by atoms with Crippen molar-refractivity contribution in [1.82, 2.24) is 14.9 Å². The summed E-state index contributed by atoms with van der Waals surface area (Å²) in [6.07, 6.45) is -0.641. The molecule has 0 radical (unpaired) electrons. The normalized spacial score (nSPS) is 12.8. The highest BCUT2D eigenvalue weighted by atomic mass is 35.5. The molecule has 2 heterocycles. The summed E-state index contributed by atoms with van der Waals surface area (Å²) in [7, 11) is 1.63. The summed E-state index contributed by atoms with van der Waals surface area (Å²) in [5, 5.41) is 13.5. The Morgan fingerprint density at radius 2 is 2.12 bits per heavy atom. The maximum absolute atomic E-state index is 12.9. The fourth-order valence-corrected chi connectivity index (χ4v) is 4.55. The number of hydrogen-bond acceptors (Lipinski definition) is 7. The molecule has 0 aliphatic rings. The van der Waals surface area contributed by atoms with Crippen LogP contribution in [-0.4, -0.2) is 66.1 Å². The standard InChI is InChI=1S/C23H30ClN3O4S/c1-15(2)12-31-13-18(28)10-27(7-8-30-3)11-20-25-22(29)21-19(14-32-23(21)26-20)16-5-4-6-17(24)9-16/h4-6,9,14-15,18,28H,7-8,10-13H2,1-3H3,(H,25,26,29). The van der Waals surface area contributed by atoms with E-state index in [-0.39, 0.29) is 12.2 Å². The topological polar surface area (TPSA) is 87.7 Å². The monoisotopic (exact) mass is 479 g/mol. The second kappa shape index (κ2) is 11.9. The summed E-state index contributed by atoms with van der Waals surface area (Å²) in [6, 6.07) is 7.43. The second-order valence-corrected chi connectivity index (χ2v) is 9.46. The average molecular weight is 480 g/mol. The summed E-state index contributed by atoms with van der Waals surface area (Å²) in [6.45, 7) is 6.88. The number of halogens is 1. The number of benzene rings is 1. The van der Waals surface area contributed by atoms with Crippen LogP contribution in [0.2, 0.25) is 5.02 Å². The number of aliphatic hydroxyl groups is 1. The first-order chi connectivity index (χ1) is 15.4. The molecule has 0 spiro atoms. The number of H-pyrrole nitrogens is 1. The summed E-state index contributed by atoms with van der Waals surface area (Å²) in [5.74, 6) is 0.962. The van der Waals surface area contributed by atoms with Gasteiger partial charge in [0.2, 0.25) is 0 Å². The molecule has 1 atom stereocenters. The zero-order chi connectivity index (χ0) is 23.1. The van der Waals surface area contributed by atoms with E-state index in [2.05, 4.69) is 23.8 Å². The van der Waals surface area contributed by atoms with E-state index in [0.29, 0.717) is 59.8 Å². The molecule has 3 aromatic rings. The summed E-state index contributed by atoms with van der Waals surface area (Å²) >= 11 is 7.55. The first-order valence-electron chi connectivity index (χ1n) is 10.6. The fraction of sp³-hybridized carbons (Fsp3) is 0.478. The largest absolute Gasteiger partial charge is 0.389 e. The molecule has 0 aliphatic heterocycles. The Morgan fingerprint density at radius 3 is 2.84 bits per heavy atom. The lowest BCUT2D eigenvalue weighted by molar-refractivity contribution is 0.00296. The molecule has 9 heteroatoms. The first-order valence-corrected chi connectivity index (χ1v) is 11.9. The fourth-order valence-electron chi connectivity index (χ4n) is 3.39. The van der Waals surface area contributed by atoms with E-state index in [1.165, 1.54) is 11.3 Å². The Bertz CT molecular complexity index is 1070. The highest BCUT2D eigenvalue weighted by molar-refractivity contribution is 7.17. The number of rotatable bonds is 12. The molecule has 7 nitrogen and oxygen atoms in total. The van der Waals surface area contributed by atoms with Crippen molar-refractivity contribution < 1.29 is 14.6 Å². The van der Waals surface area contributed by atoms with Crippen LogP contribution >= 0.6 is 22.9 Å². The van der Waals surface area contributed by atoms with E-state index in [4.69, 9.17) is 21.1 Å². The van der Waals surface area contributed by atoms with Crippen molar-refractivity contribution in [3.05, 3.63) is 50.8 Å². The summed E-state index contributed by atoms with van der Waals surface area (Å²) in [5.41, 5.74) is 1.52. The van der Waals surface area contributed by atoms with Crippen LogP contribution in [0.4, 0.5) is 0 Å². The molecule has 0 fully saturated rings. The van der Waals surface area contributed by atoms with Crippen LogP contribution < -0.4 is 5.56 Å². The van der Waals surface area contributed by atoms with Gasteiger partial charge in [-0.3, -0.25) is 9.69 Å². The molecule has 2 aromatic heterocycles. The molecule has 0 saturated carbocycles. The number of nitrogens with zero attached hydrogens (tertiary/aromatic N) is 2. The zero-order valence-electron chi connectivity index (χ0n) is 18.6. The molecule has 2 N–H and O–H groups in total. The zero-order valence-corrected chi connectivity index (χ0v) is 20.2. The maximum atomic E-state index is 12.9. The van der Waals surface area contributed by atoms with Gasteiger partial charge in [-0.25, -0.2) is 4.98 Å². The number of hydrogen-bond donors (Lipinski definition) is 2. The number of aromatic nitrogens is 2. The number of methoxy groups -OCH3 is 1. The van der Waals surface area contributed by atoms with E-state index in [0.717, 1.165) is 11.1 Å². The Labute approximate surface area is 197 Å². The van der Waals surface area contributed by atoms with Crippen molar-refractivity contribution in [2.75, 3.05) is 40.0 Å². The maximum Gasteiger partial charge on any atom is 0.260 e. The van der Waals surface area contributed by atoms with Crippen LogP contribution in [-0.2, 0) is 16.0 Å². The lowest BCUT2D eigenvalue weighted by Crippen LogP contribution is -2.37. The number of fused-ring (bicyclic) bond motifs is 1. The Balaban J connectivity index is 1.77. The highest BCUT2D eigenvalue weighted by Crippen LogP contribution is 2.32. The van der Waals surface area contributed by atoms with E-state index >= 15 is 0 Å². The molecular weight excluding hydrogens is 450 g/mol. The number of ether oxygens (including phenoxy) is 2. The van der Waals surface area contributed by atoms with Gasteiger partial charge in [0.05, 0.1) is 31.2 Å². The van der Waals surface area contributed by atoms with Crippen molar-refractivity contribution in [2.45, 2.75) is 26.5 Å². The molecule has 0 aliphatic carbocycles. The quantitative estimate of drug-likeness (QED) is 0.411. The van der Waals surface area contributed by atoms with Crippen molar-refractivity contribution in [3.63, 3.8) is 0 Å². The lowest BCUT2D eigenvalue weighted by Gasteiger charge is -2.24. The van der Waals surface area contributed by atoms with Gasteiger partial charge in [-0.2, -0.15) is 0 Å². The van der Waals surface area contributed by atoms with Crippen LogP contribution in [0.15, 0.2) is 34.4 Å². The van der Waals surface area contributed by atoms with Gasteiger partial charge in [-0.05, 0) is 23.6 Å². The molecule has 174 valence electrons. The molecule has 0 saturated heterocycles. The molecule has 3 rings (SSSR count). The molecular formula is C23H30ClN3O4S. The summed E-state index contributed by atoms with van der Waals surface area (Å²) < 4.78 is 10.8. The molecule has 0 amide bonds. The van der Waals surface area contributed by atoms with Gasteiger partial charge < -0.3 is 19.6 Å². The SMILES string of the molecule is COCCN(Cc1nc2scc(-c3cccc(Cl)c3)c2c(=O)[nH]1)CC(O)COCC(C)C. The van der Waals surface area contributed by atoms with Gasteiger partial charge in [-0.1, -0.05) is 37.6 Å². The minimum absolute atomic E-state index is 0.186. The van der Waals surface area contributed by atoms with E-state index < -0.39 is 6.10 Å². The molecule has 1 aromatic carbocycles. The van der Waals surface area contributed by atoms with Gasteiger partial charge in [0.1, 0.15) is 10.7 Å². The predicted molar refractivity (Wildman–Crippen MR) is 130 cm³/mol. The van der Waals surface area contributed by atoms with E-state index in [1.807, 2.05) is 28.5 Å². The Morgan fingerprint density at radius 1 is 1.31 bits per heavy atom. The minimum atomic E-state index is -0.641.